The summed E-state index contributed by atoms with van der Waals surface area (Å²) in [6.45, 7) is 3.57. The second kappa shape index (κ2) is 9.02. The zero-order chi connectivity index (χ0) is 17.6. The van der Waals surface area contributed by atoms with E-state index in [1.165, 1.54) is 0 Å². The van der Waals surface area contributed by atoms with Crippen LogP contribution in [0.25, 0.3) is 0 Å². The normalized spacial score (nSPS) is 13.0. The number of nitrogens with two attached hydrogens (primary N) is 1. The number of esters is 1. The van der Waals surface area contributed by atoms with Crippen LogP contribution in [-0.4, -0.2) is 30.4 Å². The van der Waals surface area contributed by atoms with Crippen molar-refractivity contribution in [3.63, 3.8) is 0 Å². The van der Waals surface area contributed by atoms with Crippen molar-refractivity contribution in [2.24, 2.45) is 11.7 Å². The number of hydrogen-bond acceptors (Lipinski definition) is 4. The summed E-state index contributed by atoms with van der Waals surface area (Å²) in [5.74, 6) is -2.14. The number of hydrogen-bond donors (Lipinski definition) is 2. The second-order valence-electron chi connectivity index (χ2n) is 4.98. The molecule has 0 aromatic heterocycles. The van der Waals surface area contributed by atoms with Gasteiger partial charge < -0.3 is 15.8 Å². The summed E-state index contributed by atoms with van der Waals surface area (Å²) in [7, 11) is 0. The van der Waals surface area contributed by atoms with Crippen LogP contribution in [0, 0.1) is 5.92 Å². The molecule has 0 heterocycles. The predicted molar refractivity (Wildman–Crippen MR) is 92.7 cm³/mol. The number of ether oxygens (including phenoxy) is 1. The average Bonchev–Trinajstić information content (AvgIpc) is 2.45. The van der Waals surface area contributed by atoms with Crippen molar-refractivity contribution in [2.75, 3.05) is 6.61 Å². The van der Waals surface area contributed by atoms with Crippen LogP contribution in [0.1, 0.15) is 30.6 Å². The van der Waals surface area contributed by atoms with Crippen LogP contribution >= 0.6 is 31.9 Å². The van der Waals surface area contributed by atoms with E-state index in [1.807, 2.05) is 0 Å². The Morgan fingerprint density at radius 2 is 1.78 bits per heavy atom. The van der Waals surface area contributed by atoms with E-state index in [0.29, 0.717) is 14.5 Å². The van der Waals surface area contributed by atoms with Crippen molar-refractivity contribution in [3.8, 4) is 0 Å². The van der Waals surface area contributed by atoms with E-state index in [4.69, 9.17) is 10.5 Å². The summed E-state index contributed by atoms with van der Waals surface area (Å²) in [5.41, 5.74) is 5.68. The minimum Gasteiger partial charge on any atom is -0.466 e. The minimum absolute atomic E-state index is 0.0785. The van der Waals surface area contributed by atoms with Crippen LogP contribution in [0.5, 0.6) is 0 Å². The molecule has 0 saturated heterocycles. The number of halogens is 2. The van der Waals surface area contributed by atoms with Crippen LogP contribution in [0.3, 0.4) is 0 Å². The van der Waals surface area contributed by atoms with Gasteiger partial charge in [0, 0.05) is 14.5 Å². The molecule has 0 spiro atoms. The van der Waals surface area contributed by atoms with Crippen molar-refractivity contribution in [1.82, 2.24) is 5.32 Å². The first-order chi connectivity index (χ1) is 10.7. The molecule has 1 aromatic carbocycles. The minimum atomic E-state index is -0.959. The SMILES string of the molecule is CCOC(=O)[C@H](C)C[C@@H](NC(=O)c1cc(Br)cc(Br)c1)C(N)=O. The van der Waals surface area contributed by atoms with Gasteiger partial charge in [0.15, 0.2) is 0 Å². The van der Waals surface area contributed by atoms with E-state index in [1.54, 1.807) is 32.0 Å². The van der Waals surface area contributed by atoms with E-state index in [2.05, 4.69) is 37.2 Å². The lowest BCUT2D eigenvalue weighted by Gasteiger charge is -2.19. The maximum atomic E-state index is 12.3. The van der Waals surface area contributed by atoms with E-state index >= 15 is 0 Å². The molecule has 1 aromatic rings. The third kappa shape index (κ3) is 6.31. The molecule has 0 radical (unpaired) electrons. The Kier molecular flexibility index (Phi) is 7.70. The molecule has 0 saturated carbocycles. The molecule has 23 heavy (non-hydrogen) atoms. The standard InChI is InChI=1S/C15H18Br2N2O4/c1-3-23-15(22)8(2)4-12(13(18)20)19-14(21)9-5-10(16)7-11(17)6-9/h5-8,12H,3-4H2,1-2H3,(H2,18,20)(H,19,21)/t8-,12-/m1/s1. The Morgan fingerprint density at radius 1 is 1.22 bits per heavy atom. The molecule has 0 aliphatic rings. The lowest BCUT2D eigenvalue weighted by Crippen LogP contribution is -2.46. The van der Waals surface area contributed by atoms with Gasteiger partial charge in [0.2, 0.25) is 5.91 Å². The van der Waals surface area contributed by atoms with Crippen LogP contribution in [0.15, 0.2) is 27.1 Å². The van der Waals surface area contributed by atoms with Gasteiger partial charge in [-0.25, -0.2) is 0 Å². The number of primary amides is 1. The maximum absolute atomic E-state index is 12.3. The van der Waals surface area contributed by atoms with Gasteiger partial charge in [-0.3, -0.25) is 14.4 Å². The Balaban J connectivity index is 2.81. The van der Waals surface area contributed by atoms with Crippen molar-refractivity contribution < 1.29 is 19.1 Å². The van der Waals surface area contributed by atoms with Gasteiger partial charge in [-0.2, -0.15) is 0 Å². The molecule has 0 aliphatic carbocycles. The fraction of sp³-hybridized carbons (Fsp3) is 0.400. The summed E-state index contributed by atoms with van der Waals surface area (Å²) in [4.78, 5) is 35.5. The van der Waals surface area contributed by atoms with E-state index in [0.717, 1.165) is 0 Å². The maximum Gasteiger partial charge on any atom is 0.308 e. The van der Waals surface area contributed by atoms with E-state index in [-0.39, 0.29) is 13.0 Å². The van der Waals surface area contributed by atoms with Gasteiger partial charge in [0.1, 0.15) is 6.04 Å². The zero-order valence-corrected chi connectivity index (χ0v) is 15.9. The lowest BCUT2D eigenvalue weighted by atomic mass is 10.0. The molecule has 0 unspecified atom stereocenters. The van der Waals surface area contributed by atoms with Crippen molar-refractivity contribution in [2.45, 2.75) is 26.3 Å². The molecule has 0 fully saturated rings. The fourth-order valence-corrected chi connectivity index (χ4v) is 3.20. The van der Waals surface area contributed by atoms with Crippen molar-refractivity contribution >= 4 is 49.6 Å². The van der Waals surface area contributed by atoms with Crippen molar-refractivity contribution in [3.05, 3.63) is 32.7 Å². The Bertz CT molecular complexity index is 587. The first kappa shape index (κ1) is 19.6. The molecule has 3 N–H and O–H groups in total. The van der Waals surface area contributed by atoms with Gasteiger partial charge in [-0.15, -0.1) is 0 Å². The largest absolute Gasteiger partial charge is 0.466 e. The van der Waals surface area contributed by atoms with E-state index in [9.17, 15) is 14.4 Å². The molecule has 126 valence electrons. The number of carbonyl (C=O) groups is 3. The molecule has 6 nitrogen and oxygen atoms in total. The first-order valence-electron chi connectivity index (χ1n) is 6.97. The second-order valence-corrected chi connectivity index (χ2v) is 6.81. The average molecular weight is 450 g/mol. The Morgan fingerprint density at radius 3 is 2.26 bits per heavy atom. The summed E-state index contributed by atoms with van der Waals surface area (Å²) < 4.78 is 6.32. The van der Waals surface area contributed by atoms with Gasteiger partial charge in [-0.05, 0) is 31.5 Å². The molecule has 8 heteroatoms. The van der Waals surface area contributed by atoms with E-state index < -0.39 is 29.7 Å². The molecular weight excluding hydrogens is 432 g/mol. The first-order valence-corrected chi connectivity index (χ1v) is 8.56. The summed E-state index contributed by atoms with van der Waals surface area (Å²) in [6.07, 6.45) is 0.0785. The topological polar surface area (TPSA) is 98.5 Å². The third-order valence-electron chi connectivity index (χ3n) is 3.05. The van der Waals surface area contributed by atoms with Crippen LogP contribution < -0.4 is 11.1 Å². The summed E-state index contributed by atoms with van der Waals surface area (Å²) >= 11 is 6.58. The van der Waals surface area contributed by atoms with Crippen LogP contribution in [0.4, 0.5) is 0 Å². The number of rotatable bonds is 7. The molecule has 2 amide bonds. The molecule has 2 atom stereocenters. The fourth-order valence-electron chi connectivity index (χ4n) is 1.91. The third-order valence-corrected chi connectivity index (χ3v) is 3.97. The number of benzene rings is 1. The van der Waals surface area contributed by atoms with Gasteiger partial charge >= 0.3 is 5.97 Å². The lowest BCUT2D eigenvalue weighted by molar-refractivity contribution is -0.147. The molecule has 0 bridgehead atoms. The Labute approximate surface area is 151 Å². The highest BCUT2D eigenvalue weighted by molar-refractivity contribution is 9.11. The highest BCUT2D eigenvalue weighted by Crippen LogP contribution is 2.20. The van der Waals surface area contributed by atoms with Crippen molar-refractivity contribution in [1.29, 1.82) is 0 Å². The number of carbonyl (C=O) groups excluding carboxylic acids is 3. The van der Waals surface area contributed by atoms with Gasteiger partial charge in [0.05, 0.1) is 12.5 Å². The molecule has 1 rings (SSSR count). The highest BCUT2D eigenvalue weighted by Gasteiger charge is 2.25. The van der Waals surface area contributed by atoms with Gasteiger partial charge in [0.25, 0.3) is 5.91 Å². The molecular formula is C15H18Br2N2O4. The summed E-state index contributed by atoms with van der Waals surface area (Å²) in [5, 5.41) is 2.55. The summed E-state index contributed by atoms with van der Waals surface area (Å²) in [6, 6.07) is 4.06. The highest BCUT2D eigenvalue weighted by atomic mass is 79.9. The Hall–Kier alpha value is -1.41. The molecule has 0 aliphatic heterocycles. The van der Waals surface area contributed by atoms with Crippen LogP contribution in [-0.2, 0) is 14.3 Å². The van der Waals surface area contributed by atoms with Gasteiger partial charge in [-0.1, -0.05) is 38.8 Å². The monoisotopic (exact) mass is 448 g/mol. The van der Waals surface area contributed by atoms with Crippen LogP contribution in [0.2, 0.25) is 0 Å². The zero-order valence-electron chi connectivity index (χ0n) is 12.8. The smallest absolute Gasteiger partial charge is 0.308 e. The number of amides is 2. The quantitative estimate of drug-likeness (QED) is 0.624. The predicted octanol–water partition coefficient (Wildman–Crippen LogP) is 2.38. The number of nitrogens with one attached hydrogen (secondary N) is 1.